The van der Waals surface area contributed by atoms with Crippen LogP contribution in [0.4, 0.5) is 10.6 Å². The summed E-state index contributed by atoms with van der Waals surface area (Å²) >= 11 is 6.91. The molecule has 2 aliphatic rings. The number of hydrogen-bond donors (Lipinski definition) is 1. The summed E-state index contributed by atoms with van der Waals surface area (Å²) in [5, 5.41) is 12.5. The number of ether oxygens (including phenoxy) is 2. The van der Waals surface area contributed by atoms with Crippen molar-refractivity contribution in [1.29, 1.82) is 0 Å². The molecule has 2 fully saturated rings. The maximum atomic E-state index is 12.5. The van der Waals surface area contributed by atoms with Gasteiger partial charge in [0.15, 0.2) is 5.65 Å². The van der Waals surface area contributed by atoms with Crippen LogP contribution in [0, 0.1) is 0 Å². The van der Waals surface area contributed by atoms with Crippen molar-refractivity contribution in [3.05, 3.63) is 29.5 Å². The first-order valence-corrected chi connectivity index (χ1v) is 19.6. The zero-order chi connectivity index (χ0) is 31.4. The number of piperidine rings is 1. The lowest BCUT2D eigenvalue weighted by Crippen LogP contribution is -2.51. The van der Waals surface area contributed by atoms with Gasteiger partial charge in [-0.25, -0.2) is 14.8 Å². The van der Waals surface area contributed by atoms with Gasteiger partial charge in [0.2, 0.25) is 0 Å². The Morgan fingerprint density at radius 2 is 1.82 bits per heavy atom. The summed E-state index contributed by atoms with van der Waals surface area (Å²) in [7, 11) is 0.556. The first kappa shape index (κ1) is 30.8. The van der Waals surface area contributed by atoms with Crippen LogP contribution in [-0.2, 0) is 23.3 Å². The number of alkyl carbamates (subject to hydrolysis) is 1. The fourth-order valence-corrected chi connectivity index (χ4v) is 7.46. The molecule has 3 atom stereocenters. The van der Waals surface area contributed by atoms with Crippen molar-refractivity contribution in [1.82, 2.24) is 34.8 Å². The minimum absolute atomic E-state index is 0.0728. The Hall–Kier alpha value is -3.22. The molecular weight excluding hydrogens is 596 g/mol. The SMILES string of the molecule is Cn1nc2ccc(-c3cn(COCC[Si](C)(C)C)c4nc(N5[C@@H]6CC[C@H]5CC(NC(=O)OC(C)(C)C)C6)cnc34)c(Cl)c2n1. The summed E-state index contributed by atoms with van der Waals surface area (Å²) in [4.78, 5) is 26.6. The minimum atomic E-state index is -1.23. The first-order valence-electron chi connectivity index (χ1n) is 15.5. The quantitative estimate of drug-likeness (QED) is 0.175. The average molecular weight is 639 g/mol. The molecule has 0 aliphatic carbocycles. The minimum Gasteiger partial charge on any atom is -0.444 e. The van der Waals surface area contributed by atoms with E-state index in [1.165, 1.54) is 4.80 Å². The van der Waals surface area contributed by atoms with E-state index in [2.05, 4.69) is 40.1 Å². The van der Waals surface area contributed by atoms with E-state index in [1.54, 1.807) is 7.05 Å². The number of aromatic nitrogens is 6. The number of fused-ring (bicyclic) bond motifs is 4. The zero-order valence-corrected chi connectivity index (χ0v) is 28.5. The van der Waals surface area contributed by atoms with Crippen LogP contribution >= 0.6 is 11.6 Å². The normalized spacial score (nSPS) is 20.5. The third-order valence-corrected chi connectivity index (χ3v) is 10.5. The summed E-state index contributed by atoms with van der Waals surface area (Å²) in [6.07, 6.45) is 7.36. The van der Waals surface area contributed by atoms with Crippen LogP contribution in [0.15, 0.2) is 24.5 Å². The number of hydrogen-bond acceptors (Lipinski definition) is 8. The lowest BCUT2D eigenvalue weighted by molar-refractivity contribution is 0.0492. The summed E-state index contributed by atoms with van der Waals surface area (Å²) in [5.74, 6) is 0.851. The smallest absolute Gasteiger partial charge is 0.407 e. The second-order valence-corrected chi connectivity index (χ2v) is 20.4. The third kappa shape index (κ3) is 6.43. The van der Waals surface area contributed by atoms with Crippen molar-refractivity contribution in [2.45, 2.75) is 103 Å². The number of nitrogens with zero attached hydrogens (tertiary/aromatic N) is 7. The highest BCUT2D eigenvalue weighted by Gasteiger charge is 2.42. The summed E-state index contributed by atoms with van der Waals surface area (Å²) < 4.78 is 13.7. The van der Waals surface area contributed by atoms with E-state index >= 15 is 0 Å². The molecule has 1 unspecified atom stereocenters. The molecule has 2 bridgehead atoms. The molecule has 1 aromatic carbocycles. The van der Waals surface area contributed by atoms with Gasteiger partial charge < -0.3 is 24.3 Å². The number of carbonyl (C=O) groups excluding carboxylic acids is 1. The highest BCUT2D eigenvalue weighted by atomic mass is 35.5. The number of anilines is 1. The Balaban J connectivity index is 1.30. The molecule has 0 radical (unpaired) electrons. The molecule has 13 heteroatoms. The Kier molecular flexibility index (Phi) is 8.12. The monoisotopic (exact) mass is 638 g/mol. The van der Waals surface area contributed by atoms with Gasteiger partial charge in [0, 0.05) is 57.2 Å². The van der Waals surface area contributed by atoms with E-state index in [0.717, 1.165) is 65.4 Å². The van der Waals surface area contributed by atoms with E-state index in [-0.39, 0.29) is 24.2 Å². The summed E-state index contributed by atoms with van der Waals surface area (Å²) in [6.45, 7) is 13.8. The van der Waals surface area contributed by atoms with Crippen molar-refractivity contribution in [3.63, 3.8) is 0 Å². The predicted octanol–water partition coefficient (Wildman–Crippen LogP) is 6.37. The van der Waals surface area contributed by atoms with Crippen molar-refractivity contribution in [3.8, 4) is 11.1 Å². The Labute approximate surface area is 264 Å². The van der Waals surface area contributed by atoms with Crippen molar-refractivity contribution >= 4 is 53.8 Å². The van der Waals surface area contributed by atoms with Gasteiger partial charge in [-0.3, -0.25) is 0 Å². The van der Waals surface area contributed by atoms with Gasteiger partial charge in [0.05, 0.1) is 11.2 Å². The number of halogens is 1. The van der Waals surface area contributed by atoms with Gasteiger partial charge in [-0.2, -0.15) is 15.0 Å². The van der Waals surface area contributed by atoms with Crippen LogP contribution in [0.5, 0.6) is 0 Å². The van der Waals surface area contributed by atoms with Crippen LogP contribution in [0.2, 0.25) is 30.7 Å². The number of carbonyl (C=O) groups is 1. The number of amides is 1. The number of nitrogens with one attached hydrogen (secondary N) is 1. The second kappa shape index (κ2) is 11.6. The molecule has 2 saturated heterocycles. The van der Waals surface area contributed by atoms with Gasteiger partial charge in [-0.05, 0) is 58.6 Å². The lowest BCUT2D eigenvalue weighted by Gasteiger charge is -2.39. The van der Waals surface area contributed by atoms with Gasteiger partial charge >= 0.3 is 6.09 Å². The maximum absolute atomic E-state index is 12.5. The topological polar surface area (TPSA) is 112 Å². The van der Waals surface area contributed by atoms with Gasteiger partial charge in [0.25, 0.3) is 0 Å². The van der Waals surface area contributed by atoms with Crippen LogP contribution in [0.1, 0.15) is 46.5 Å². The molecule has 11 nitrogen and oxygen atoms in total. The van der Waals surface area contributed by atoms with Gasteiger partial charge in [0.1, 0.15) is 34.7 Å². The maximum Gasteiger partial charge on any atom is 0.407 e. The van der Waals surface area contributed by atoms with E-state index < -0.39 is 13.7 Å². The van der Waals surface area contributed by atoms with Crippen LogP contribution in [-0.4, -0.2) is 74.0 Å². The summed E-state index contributed by atoms with van der Waals surface area (Å²) in [6, 6.07) is 5.61. The van der Waals surface area contributed by atoms with Gasteiger partial charge in [-0.1, -0.05) is 37.3 Å². The zero-order valence-electron chi connectivity index (χ0n) is 26.7. The second-order valence-electron chi connectivity index (χ2n) is 14.4. The molecular formula is C31H43ClN8O3Si. The van der Waals surface area contributed by atoms with Crippen LogP contribution in [0.3, 0.4) is 0 Å². The molecule has 4 aromatic rings. The van der Waals surface area contributed by atoms with Crippen LogP contribution in [0.25, 0.3) is 33.3 Å². The molecule has 0 spiro atoms. The standard InChI is InChI=1S/C31H43ClN8O3Si/c1-31(2,3)43-30(41)34-19-14-20-8-9-21(15-19)40(20)25-16-33-27-23(22-10-11-24-28(26(22)32)37-38(4)36-24)17-39(29(27)35-25)18-42-12-13-44(5,6)7/h10-11,16-17,19-21H,8-9,12-15,18H2,1-7H3,(H,34,41)/t19?,20-,21+. The lowest BCUT2D eigenvalue weighted by atomic mass is 9.97. The van der Waals surface area contributed by atoms with Crippen molar-refractivity contribution in [2.75, 3.05) is 11.5 Å². The molecule has 5 heterocycles. The highest BCUT2D eigenvalue weighted by Crippen LogP contribution is 2.41. The molecule has 1 N–H and O–H groups in total. The number of rotatable bonds is 8. The van der Waals surface area contributed by atoms with E-state index in [4.69, 9.17) is 31.0 Å². The molecule has 236 valence electrons. The van der Waals surface area contributed by atoms with E-state index in [1.807, 2.05) is 49.9 Å². The Bertz CT molecular complexity index is 1680. The molecule has 44 heavy (non-hydrogen) atoms. The molecule has 6 rings (SSSR count). The first-order chi connectivity index (χ1) is 20.8. The van der Waals surface area contributed by atoms with Gasteiger partial charge in [-0.15, -0.1) is 0 Å². The fourth-order valence-electron chi connectivity index (χ4n) is 6.40. The Morgan fingerprint density at radius 3 is 2.50 bits per heavy atom. The van der Waals surface area contributed by atoms with E-state index in [0.29, 0.717) is 23.9 Å². The fraction of sp³-hybridized carbons (Fsp3) is 0.581. The third-order valence-electron chi connectivity index (χ3n) is 8.38. The summed E-state index contributed by atoms with van der Waals surface area (Å²) in [5.41, 5.74) is 4.12. The largest absolute Gasteiger partial charge is 0.444 e. The Morgan fingerprint density at radius 1 is 1.09 bits per heavy atom. The predicted molar refractivity (Wildman–Crippen MR) is 176 cm³/mol. The number of aryl methyl sites for hydroxylation is 1. The highest BCUT2D eigenvalue weighted by molar-refractivity contribution is 6.76. The van der Waals surface area contributed by atoms with E-state index in [9.17, 15) is 4.79 Å². The average Bonchev–Trinajstić information content (AvgIpc) is 3.56. The molecule has 3 aromatic heterocycles. The molecule has 1 amide bonds. The molecule has 0 saturated carbocycles. The van der Waals surface area contributed by atoms with Crippen LogP contribution < -0.4 is 10.2 Å². The van der Waals surface area contributed by atoms with Crippen molar-refractivity contribution in [2.24, 2.45) is 7.05 Å². The van der Waals surface area contributed by atoms with Crippen molar-refractivity contribution < 1.29 is 14.3 Å². The molecule has 2 aliphatic heterocycles. The number of benzene rings is 1.